The van der Waals surface area contributed by atoms with Crippen molar-refractivity contribution in [3.05, 3.63) is 72.9 Å². The van der Waals surface area contributed by atoms with Crippen LogP contribution >= 0.6 is 7.82 Å². The summed E-state index contributed by atoms with van der Waals surface area (Å²) in [6, 6.07) is 0. The third kappa shape index (κ3) is 62.6. The van der Waals surface area contributed by atoms with Crippen LogP contribution < -0.4 is 4.89 Å². The van der Waals surface area contributed by atoms with Gasteiger partial charge in [-0.3, -0.25) is 14.2 Å². The summed E-state index contributed by atoms with van der Waals surface area (Å²) in [5, 5.41) is 0. The normalized spacial score (nSPS) is 13.7. The molecule has 0 aliphatic rings. The van der Waals surface area contributed by atoms with E-state index in [0.29, 0.717) is 17.4 Å². The van der Waals surface area contributed by atoms with E-state index in [1.54, 1.807) is 0 Å². The van der Waals surface area contributed by atoms with Gasteiger partial charge in [0.15, 0.2) is 6.10 Å². The molecular formula is C68H124NO8P. The lowest BCUT2D eigenvalue weighted by molar-refractivity contribution is -0.870. The van der Waals surface area contributed by atoms with Crippen molar-refractivity contribution in [1.29, 1.82) is 0 Å². The summed E-state index contributed by atoms with van der Waals surface area (Å²) in [4.78, 5) is 38.0. The molecule has 0 N–H and O–H groups in total. The number of quaternary nitrogens is 1. The van der Waals surface area contributed by atoms with E-state index in [1.807, 2.05) is 21.1 Å². The summed E-state index contributed by atoms with van der Waals surface area (Å²) >= 11 is 0. The van der Waals surface area contributed by atoms with E-state index < -0.39 is 26.5 Å². The van der Waals surface area contributed by atoms with Gasteiger partial charge in [0.05, 0.1) is 27.7 Å². The number of unbranched alkanes of at least 4 members (excludes halogenated alkanes) is 34. The summed E-state index contributed by atoms with van der Waals surface area (Å²) in [5.41, 5.74) is 0. The number of hydrogen-bond acceptors (Lipinski definition) is 8. The molecular weight excluding hydrogens is 990 g/mol. The van der Waals surface area contributed by atoms with Gasteiger partial charge in [0.25, 0.3) is 7.82 Å². The first kappa shape index (κ1) is 75.5. The van der Waals surface area contributed by atoms with Gasteiger partial charge >= 0.3 is 11.9 Å². The van der Waals surface area contributed by atoms with Crippen LogP contribution in [0.5, 0.6) is 0 Å². The number of hydrogen-bond donors (Lipinski definition) is 0. The van der Waals surface area contributed by atoms with Crippen molar-refractivity contribution in [2.45, 2.75) is 302 Å². The van der Waals surface area contributed by atoms with Crippen molar-refractivity contribution in [2.24, 2.45) is 0 Å². The highest BCUT2D eigenvalue weighted by Gasteiger charge is 2.22. The average Bonchev–Trinajstić information content (AvgIpc) is 3.41. The maximum Gasteiger partial charge on any atom is 0.306 e. The van der Waals surface area contributed by atoms with E-state index in [2.05, 4.69) is 86.8 Å². The first-order valence-electron chi connectivity index (χ1n) is 32.6. The number of carbonyl (C=O) groups excluding carboxylic acids is 2. The molecule has 0 bridgehead atoms. The maximum absolute atomic E-state index is 12.8. The minimum atomic E-state index is -4.64. The van der Waals surface area contributed by atoms with E-state index in [-0.39, 0.29) is 32.0 Å². The Morgan fingerprint density at radius 3 is 1.10 bits per heavy atom. The minimum absolute atomic E-state index is 0.0321. The number of ether oxygens (including phenoxy) is 2. The Morgan fingerprint density at radius 1 is 0.410 bits per heavy atom. The van der Waals surface area contributed by atoms with Crippen molar-refractivity contribution in [1.82, 2.24) is 0 Å². The summed E-state index contributed by atoms with van der Waals surface area (Å²) < 4.78 is 34.3. The fourth-order valence-electron chi connectivity index (χ4n) is 9.21. The molecule has 454 valence electrons. The number of nitrogens with zero attached hydrogens (tertiary/aromatic N) is 1. The highest BCUT2D eigenvalue weighted by Crippen LogP contribution is 2.38. The third-order valence-electron chi connectivity index (χ3n) is 14.2. The second kappa shape index (κ2) is 59.1. The first-order valence-corrected chi connectivity index (χ1v) is 34.1. The molecule has 0 aliphatic carbocycles. The molecule has 0 saturated carbocycles. The summed E-state index contributed by atoms with van der Waals surface area (Å²) in [7, 11) is 1.17. The Hall–Kier alpha value is -2.55. The Balaban J connectivity index is 4.09. The number of allylic oxidation sites excluding steroid dienone is 12. The molecule has 2 unspecified atom stereocenters. The van der Waals surface area contributed by atoms with Crippen LogP contribution in [0.15, 0.2) is 72.9 Å². The molecule has 0 heterocycles. The maximum atomic E-state index is 12.8. The Bertz CT molecular complexity index is 1550. The van der Waals surface area contributed by atoms with Gasteiger partial charge in [0.2, 0.25) is 0 Å². The standard InChI is InChI=1S/C68H124NO8P/c1-6-8-10-12-14-16-18-20-22-24-26-28-30-32-33-34-35-37-39-41-43-45-47-49-51-53-55-57-59-61-68(71)77-66(65-76-78(72,73)75-63-62-69(3,4)5)64-74-67(70)60-58-56-54-52-50-48-46-44-42-40-38-36-31-29-27-25-23-21-19-17-15-13-11-9-7-2/h8,10,14,16,20,22,25-28,32-33,66H,6-7,9,11-13,15,17-19,21,23-24,29-31,34-65H2,1-5H3/b10-8-,16-14-,22-20-,27-25-,28-26-,33-32-. The summed E-state index contributed by atoms with van der Waals surface area (Å²) in [5.74, 6) is -0.826. The fraction of sp³-hybridized carbons (Fsp3) is 0.794. The lowest BCUT2D eigenvalue weighted by Gasteiger charge is -2.28. The molecule has 0 aromatic carbocycles. The van der Waals surface area contributed by atoms with Gasteiger partial charge in [-0.25, -0.2) is 0 Å². The Morgan fingerprint density at radius 2 is 0.731 bits per heavy atom. The fourth-order valence-corrected chi connectivity index (χ4v) is 9.94. The molecule has 0 radical (unpaired) electrons. The second-order valence-corrected chi connectivity index (χ2v) is 24.5. The zero-order chi connectivity index (χ0) is 57.0. The summed E-state index contributed by atoms with van der Waals surface area (Å²) in [6.07, 6.45) is 78.2. The highest BCUT2D eigenvalue weighted by molar-refractivity contribution is 7.45. The smallest absolute Gasteiger partial charge is 0.306 e. The zero-order valence-corrected chi connectivity index (χ0v) is 52.5. The van der Waals surface area contributed by atoms with Gasteiger partial charge < -0.3 is 27.9 Å². The van der Waals surface area contributed by atoms with Crippen LogP contribution in [0, 0.1) is 0 Å². The Kier molecular flexibility index (Phi) is 57.2. The van der Waals surface area contributed by atoms with Crippen LogP contribution in [-0.2, 0) is 32.7 Å². The van der Waals surface area contributed by atoms with Crippen LogP contribution in [0.1, 0.15) is 296 Å². The van der Waals surface area contributed by atoms with Crippen LogP contribution in [0.4, 0.5) is 0 Å². The van der Waals surface area contributed by atoms with Gasteiger partial charge in [-0.15, -0.1) is 0 Å². The van der Waals surface area contributed by atoms with E-state index in [4.69, 9.17) is 18.5 Å². The number of phosphoric acid groups is 1. The molecule has 0 saturated heterocycles. The van der Waals surface area contributed by atoms with Crippen molar-refractivity contribution >= 4 is 19.8 Å². The highest BCUT2D eigenvalue weighted by atomic mass is 31.2. The Labute approximate surface area is 482 Å². The van der Waals surface area contributed by atoms with Crippen LogP contribution in [0.2, 0.25) is 0 Å². The quantitative estimate of drug-likeness (QED) is 0.0195. The van der Waals surface area contributed by atoms with Crippen LogP contribution in [0.3, 0.4) is 0 Å². The molecule has 10 heteroatoms. The molecule has 0 rings (SSSR count). The third-order valence-corrected chi connectivity index (χ3v) is 15.2. The number of rotatable bonds is 60. The molecule has 0 fully saturated rings. The lowest BCUT2D eigenvalue weighted by Crippen LogP contribution is -2.37. The van der Waals surface area contributed by atoms with Gasteiger partial charge in [0.1, 0.15) is 19.8 Å². The van der Waals surface area contributed by atoms with Crippen molar-refractivity contribution in [2.75, 3.05) is 47.5 Å². The predicted octanol–water partition coefficient (Wildman–Crippen LogP) is 20.2. The first-order chi connectivity index (χ1) is 38.0. The largest absolute Gasteiger partial charge is 0.756 e. The molecule has 0 aromatic rings. The van der Waals surface area contributed by atoms with Gasteiger partial charge in [-0.05, 0) is 83.5 Å². The van der Waals surface area contributed by atoms with Crippen LogP contribution in [-0.4, -0.2) is 70.0 Å². The molecule has 2 atom stereocenters. The average molecular weight is 1110 g/mol. The molecule has 0 aliphatic heterocycles. The minimum Gasteiger partial charge on any atom is -0.756 e. The van der Waals surface area contributed by atoms with Crippen molar-refractivity contribution < 1.29 is 42.1 Å². The van der Waals surface area contributed by atoms with Gasteiger partial charge in [0, 0.05) is 12.8 Å². The van der Waals surface area contributed by atoms with E-state index in [9.17, 15) is 19.0 Å². The van der Waals surface area contributed by atoms with E-state index in [1.165, 1.54) is 193 Å². The lowest BCUT2D eigenvalue weighted by atomic mass is 10.0. The number of likely N-dealkylation sites (N-methyl/N-ethyl adjacent to an activating group) is 1. The molecule has 0 spiro atoms. The number of carbonyl (C=O) groups is 2. The second-order valence-electron chi connectivity index (χ2n) is 23.1. The van der Waals surface area contributed by atoms with Gasteiger partial charge in [-0.1, -0.05) is 273 Å². The SMILES string of the molecule is CC/C=C\C/C=C\C/C=C\C/C=C\C/C=C\CCCCCCCCCCCCCCCC(=O)OC(COC(=O)CCCCCCCCCCCCCCC/C=C\CCCCCCCCCC)COP(=O)([O-])OCC[N+](C)(C)C. The number of esters is 2. The topological polar surface area (TPSA) is 111 Å². The number of phosphoric ester groups is 1. The monoisotopic (exact) mass is 1110 g/mol. The predicted molar refractivity (Wildman–Crippen MR) is 333 cm³/mol. The van der Waals surface area contributed by atoms with Crippen molar-refractivity contribution in [3.8, 4) is 0 Å². The van der Waals surface area contributed by atoms with Gasteiger partial charge in [-0.2, -0.15) is 0 Å². The molecule has 0 aromatic heterocycles. The molecule has 78 heavy (non-hydrogen) atoms. The van der Waals surface area contributed by atoms with Crippen LogP contribution in [0.25, 0.3) is 0 Å². The van der Waals surface area contributed by atoms with E-state index in [0.717, 1.165) is 70.6 Å². The summed E-state index contributed by atoms with van der Waals surface area (Å²) in [6.45, 7) is 4.16. The van der Waals surface area contributed by atoms with Crippen molar-refractivity contribution in [3.63, 3.8) is 0 Å². The molecule has 0 amide bonds. The zero-order valence-electron chi connectivity index (χ0n) is 51.6. The molecule has 9 nitrogen and oxygen atoms in total. The van der Waals surface area contributed by atoms with E-state index >= 15 is 0 Å².